The average Bonchev–Trinajstić information content (AvgIpc) is 2.22. The molecule has 0 aromatic rings. The molecule has 0 aliphatic carbocycles. The number of alkyl carbamates (subject to hydrolysis) is 1. The van der Waals surface area contributed by atoms with Gasteiger partial charge < -0.3 is 20.1 Å². The van der Waals surface area contributed by atoms with Gasteiger partial charge in [-0.25, -0.2) is 4.79 Å². The number of hydrogen-bond donors (Lipinski definition) is 2. The van der Waals surface area contributed by atoms with Crippen molar-refractivity contribution in [3.05, 3.63) is 0 Å². The first-order valence-corrected chi connectivity index (χ1v) is 5.49. The largest absolute Gasteiger partial charge is 0.444 e. The van der Waals surface area contributed by atoms with Gasteiger partial charge in [0.05, 0.1) is 0 Å². The van der Waals surface area contributed by atoms with Gasteiger partial charge in [0.1, 0.15) is 18.4 Å². The summed E-state index contributed by atoms with van der Waals surface area (Å²) in [6.07, 6.45) is 4.54. The highest BCUT2D eigenvalue weighted by Gasteiger charge is 2.23. The lowest BCUT2D eigenvalue weighted by atomic mass is 10.2. The van der Waals surface area contributed by atoms with E-state index in [2.05, 4.69) is 16.6 Å². The fraction of sp³-hybridized carbons (Fsp3) is 0.667. The first-order valence-electron chi connectivity index (χ1n) is 5.49. The molecule has 0 aliphatic rings. The Morgan fingerprint density at radius 1 is 1.39 bits per heavy atom. The molecule has 0 spiro atoms. The van der Waals surface area contributed by atoms with Crippen LogP contribution in [0.4, 0.5) is 4.79 Å². The van der Waals surface area contributed by atoms with Crippen LogP contribution in [0.1, 0.15) is 27.2 Å². The van der Waals surface area contributed by atoms with Gasteiger partial charge in [-0.1, -0.05) is 0 Å². The van der Waals surface area contributed by atoms with Gasteiger partial charge in [-0.3, -0.25) is 4.79 Å². The molecule has 0 heterocycles. The van der Waals surface area contributed by atoms with Crippen molar-refractivity contribution in [1.29, 1.82) is 0 Å². The molecular weight excluding hydrogens is 236 g/mol. The van der Waals surface area contributed by atoms with Gasteiger partial charge in [0.15, 0.2) is 0 Å². The lowest BCUT2D eigenvalue weighted by Crippen LogP contribution is -2.48. The van der Waals surface area contributed by atoms with Crippen molar-refractivity contribution in [2.75, 3.05) is 13.8 Å². The maximum absolute atomic E-state index is 11.6. The van der Waals surface area contributed by atoms with Crippen LogP contribution < -0.4 is 10.6 Å². The summed E-state index contributed by atoms with van der Waals surface area (Å²) in [4.78, 5) is 23.1. The van der Waals surface area contributed by atoms with Crippen LogP contribution in [0.5, 0.6) is 0 Å². The number of nitrogens with one attached hydrogen (secondary N) is 2. The summed E-state index contributed by atoms with van der Waals surface area (Å²) >= 11 is 0. The van der Waals surface area contributed by atoms with Crippen molar-refractivity contribution in [2.24, 2.45) is 0 Å². The molecule has 0 bridgehead atoms. The SMILES string of the molecule is C#CCC(NC(=O)OC(C)(C)C)C(=O)NCOC. The van der Waals surface area contributed by atoms with Crippen LogP contribution in [-0.2, 0) is 14.3 Å². The van der Waals surface area contributed by atoms with E-state index in [1.165, 1.54) is 7.11 Å². The monoisotopic (exact) mass is 256 g/mol. The van der Waals surface area contributed by atoms with Gasteiger partial charge in [0, 0.05) is 13.5 Å². The second kappa shape index (κ2) is 7.56. The first-order chi connectivity index (χ1) is 8.30. The quantitative estimate of drug-likeness (QED) is 0.558. The highest BCUT2D eigenvalue weighted by atomic mass is 16.6. The van der Waals surface area contributed by atoms with Gasteiger partial charge in [-0.2, -0.15) is 0 Å². The van der Waals surface area contributed by atoms with Crippen molar-refractivity contribution < 1.29 is 19.1 Å². The fourth-order valence-electron chi connectivity index (χ4n) is 1.04. The van der Waals surface area contributed by atoms with Crippen LogP contribution in [0.25, 0.3) is 0 Å². The molecule has 0 rings (SSSR count). The third kappa shape index (κ3) is 7.52. The smallest absolute Gasteiger partial charge is 0.408 e. The normalized spacial score (nSPS) is 12.2. The number of carbonyl (C=O) groups is 2. The van der Waals surface area contributed by atoms with E-state index in [0.717, 1.165) is 0 Å². The maximum Gasteiger partial charge on any atom is 0.408 e. The number of rotatable bonds is 5. The van der Waals surface area contributed by atoms with Crippen LogP contribution in [-0.4, -0.2) is 37.5 Å². The van der Waals surface area contributed by atoms with Gasteiger partial charge in [0.25, 0.3) is 0 Å². The van der Waals surface area contributed by atoms with E-state index in [1.54, 1.807) is 20.8 Å². The van der Waals surface area contributed by atoms with Crippen LogP contribution in [0.3, 0.4) is 0 Å². The Bertz CT molecular complexity index is 328. The number of ether oxygens (including phenoxy) is 2. The fourth-order valence-corrected chi connectivity index (χ4v) is 1.04. The molecule has 0 saturated carbocycles. The Balaban J connectivity index is 4.40. The molecule has 1 unspecified atom stereocenters. The molecule has 0 fully saturated rings. The van der Waals surface area contributed by atoms with Crippen molar-refractivity contribution >= 4 is 12.0 Å². The van der Waals surface area contributed by atoms with E-state index >= 15 is 0 Å². The van der Waals surface area contributed by atoms with Gasteiger partial charge in [0.2, 0.25) is 5.91 Å². The van der Waals surface area contributed by atoms with E-state index in [0.29, 0.717) is 0 Å². The predicted molar refractivity (Wildman–Crippen MR) is 66.6 cm³/mol. The van der Waals surface area contributed by atoms with Gasteiger partial charge in [-0.05, 0) is 20.8 Å². The molecular formula is C12H20N2O4. The zero-order valence-electron chi connectivity index (χ0n) is 11.2. The van der Waals surface area contributed by atoms with E-state index in [4.69, 9.17) is 15.9 Å². The number of amides is 2. The highest BCUT2D eigenvalue weighted by molar-refractivity contribution is 5.85. The molecule has 0 aliphatic heterocycles. The summed E-state index contributed by atoms with van der Waals surface area (Å²) in [6.45, 7) is 5.24. The van der Waals surface area contributed by atoms with Crippen molar-refractivity contribution in [1.82, 2.24) is 10.6 Å². The summed E-state index contributed by atoms with van der Waals surface area (Å²) in [7, 11) is 1.44. The van der Waals surface area contributed by atoms with Crippen molar-refractivity contribution in [3.63, 3.8) is 0 Å². The Kier molecular flexibility index (Phi) is 6.83. The average molecular weight is 256 g/mol. The molecule has 0 saturated heterocycles. The van der Waals surface area contributed by atoms with Crippen LogP contribution in [0, 0.1) is 12.3 Å². The van der Waals surface area contributed by atoms with E-state index in [9.17, 15) is 9.59 Å². The predicted octanol–water partition coefficient (Wildman–Crippen LogP) is 0.623. The Labute approximate surface area is 107 Å². The van der Waals surface area contributed by atoms with Crippen LogP contribution >= 0.6 is 0 Å². The Morgan fingerprint density at radius 3 is 2.44 bits per heavy atom. The zero-order chi connectivity index (χ0) is 14.2. The minimum atomic E-state index is -0.833. The molecule has 1 atom stereocenters. The third-order valence-electron chi connectivity index (χ3n) is 1.72. The second-order valence-corrected chi connectivity index (χ2v) is 4.58. The van der Waals surface area contributed by atoms with Crippen LogP contribution in [0.15, 0.2) is 0 Å². The third-order valence-corrected chi connectivity index (χ3v) is 1.72. The minimum absolute atomic E-state index is 0.0515. The number of terminal acetylenes is 1. The molecule has 2 amide bonds. The van der Waals surface area contributed by atoms with Gasteiger partial charge in [-0.15, -0.1) is 12.3 Å². The standard InChI is InChI=1S/C12H20N2O4/c1-6-7-9(10(15)13-8-17-5)14-11(16)18-12(2,3)4/h1,9H,7-8H2,2-5H3,(H,13,15)(H,14,16). The zero-order valence-corrected chi connectivity index (χ0v) is 11.2. The molecule has 2 N–H and O–H groups in total. The van der Waals surface area contributed by atoms with Crippen molar-refractivity contribution in [3.8, 4) is 12.3 Å². The van der Waals surface area contributed by atoms with E-state index in [-0.39, 0.29) is 13.2 Å². The summed E-state index contributed by atoms with van der Waals surface area (Å²) in [5.74, 6) is 1.91. The Hall–Kier alpha value is -1.74. The number of methoxy groups -OCH3 is 1. The van der Waals surface area contributed by atoms with E-state index < -0.39 is 23.6 Å². The summed E-state index contributed by atoms with van der Waals surface area (Å²) in [5.41, 5.74) is -0.631. The van der Waals surface area contributed by atoms with E-state index in [1.807, 2.05) is 0 Å². The van der Waals surface area contributed by atoms with Crippen molar-refractivity contribution in [2.45, 2.75) is 38.8 Å². The molecule has 6 nitrogen and oxygen atoms in total. The second-order valence-electron chi connectivity index (χ2n) is 4.58. The number of hydrogen-bond acceptors (Lipinski definition) is 4. The maximum atomic E-state index is 11.6. The summed E-state index contributed by atoms with van der Waals surface area (Å²) in [5, 5.41) is 4.87. The first kappa shape index (κ1) is 16.3. The molecule has 0 aromatic carbocycles. The molecule has 18 heavy (non-hydrogen) atoms. The van der Waals surface area contributed by atoms with Crippen LogP contribution in [0.2, 0.25) is 0 Å². The Morgan fingerprint density at radius 2 is 2.00 bits per heavy atom. The summed E-state index contributed by atoms with van der Waals surface area (Å²) < 4.78 is 9.74. The summed E-state index contributed by atoms with van der Waals surface area (Å²) in [6, 6.07) is -0.833. The highest BCUT2D eigenvalue weighted by Crippen LogP contribution is 2.07. The molecule has 0 radical (unpaired) electrons. The van der Waals surface area contributed by atoms with Gasteiger partial charge >= 0.3 is 6.09 Å². The molecule has 102 valence electrons. The molecule has 6 heteroatoms. The number of carbonyl (C=O) groups excluding carboxylic acids is 2. The molecule has 0 aromatic heterocycles. The lowest BCUT2D eigenvalue weighted by molar-refractivity contribution is -0.124. The lowest BCUT2D eigenvalue weighted by Gasteiger charge is -2.22. The topological polar surface area (TPSA) is 76.7 Å². The minimum Gasteiger partial charge on any atom is -0.444 e.